The van der Waals surface area contributed by atoms with Crippen molar-refractivity contribution in [2.24, 2.45) is 0 Å². The van der Waals surface area contributed by atoms with Crippen molar-refractivity contribution in [3.63, 3.8) is 0 Å². The van der Waals surface area contributed by atoms with Crippen LogP contribution in [0, 0.1) is 0 Å². The molecule has 4 nitrogen and oxygen atoms in total. The number of hydrogen-bond donors (Lipinski definition) is 1. The summed E-state index contributed by atoms with van der Waals surface area (Å²) in [5, 5.41) is 0. The van der Waals surface area contributed by atoms with E-state index in [4.69, 9.17) is 4.74 Å². The van der Waals surface area contributed by atoms with Crippen LogP contribution in [0.4, 0.5) is 0 Å². The zero-order valence-electron chi connectivity index (χ0n) is 12.0. The highest BCUT2D eigenvalue weighted by molar-refractivity contribution is 7.88. The summed E-state index contributed by atoms with van der Waals surface area (Å²) >= 11 is 0. The van der Waals surface area contributed by atoms with Crippen LogP contribution in [0.2, 0.25) is 0 Å². The Labute approximate surface area is 125 Å². The lowest BCUT2D eigenvalue weighted by molar-refractivity contribution is 0.320. The Bertz CT molecular complexity index is 669. The van der Waals surface area contributed by atoms with Crippen molar-refractivity contribution in [3.05, 3.63) is 65.7 Å². The first-order chi connectivity index (χ1) is 10.0. The second kappa shape index (κ2) is 7.24. The molecule has 0 amide bonds. The number of benzene rings is 2. The van der Waals surface area contributed by atoms with Gasteiger partial charge >= 0.3 is 0 Å². The maximum Gasteiger partial charge on any atom is 0.208 e. The van der Waals surface area contributed by atoms with E-state index in [-0.39, 0.29) is 6.54 Å². The third kappa shape index (κ3) is 5.57. The van der Waals surface area contributed by atoms with Gasteiger partial charge in [0.15, 0.2) is 0 Å². The van der Waals surface area contributed by atoms with Gasteiger partial charge in [0.25, 0.3) is 0 Å². The van der Waals surface area contributed by atoms with Crippen molar-refractivity contribution >= 4 is 10.0 Å². The van der Waals surface area contributed by atoms with Crippen molar-refractivity contribution in [3.8, 4) is 5.75 Å². The molecular formula is C16H19NO3S. The van der Waals surface area contributed by atoms with Gasteiger partial charge in [-0.3, -0.25) is 0 Å². The van der Waals surface area contributed by atoms with Crippen molar-refractivity contribution < 1.29 is 13.2 Å². The topological polar surface area (TPSA) is 55.4 Å². The summed E-state index contributed by atoms with van der Waals surface area (Å²) in [4.78, 5) is 0. The van der Waals surface area contributed by atoms with Crippen LogP contribution in [0.15, 0.2) is 54.6 Å². The minimum absolute atomic E-state index is 0.262. The molecule has 112 valence electrons. The molecule has 0 radical (unpaired) electrons. The molecule has 2 aromatic rings. The fourth-order valence-electron chi connectivity index (χ4n) is 1.99. The highest BCUT2D eigenvalue weighted by atomic mass is 32.2. The van der Waals surface area contributed by atoms with E-state index >= 15 is 0 Å². The van der Waals surface area contributed by atoms with Crippen LogP contribution in [0.5, 0.6) is 5.75 Å². The number of para-hydroxylation sites is 1. The molecule has 0 fully saturated rings. The molecule has 0 heterocycles. The van der Waals surface area contributed by atoms with Gasteiger partial charge in [0.1, 0.15) is 12.4 Å². The second-order valence-corrected chi connectivity index (χ2v) is 6.62. The highest BCUT2D eigenvalue weighted by Gasteiger charge is 2.05. The first-order valence-electron chi connectivity index (χ1n) is 6.74. The lowest BCUT2D eigenvalue weighted by Gasteiger charge is -2.11. The Kier molecular flexibility index (Phi) is 5.36. The van der Waals surface area contributed by atoms with E-state index < -0.39 is 10.0 Å². The van der Waals surface area contributed by atoms with Gasteiger partial charge in [-0.25, -0.2) is 13.1 Å². The van der Waals surface area contributed by atoms with Crippen molar-refractivity contribution in [1.29, 1.82) is 0 Å². The van der Waals surface area contributed by atoms with E-state index in [1.165, 1.54) is 5.56 Å². The summed E-state index contributed by atoms with van der Waals surface area (Å²) in [5.41, 5.74) is 2.30. The van der Waals surface area contributed by atoms with E-state index in [0.717, 1.165) is 24.0 Å². The van der Waals surface area contributed by atoms with Gasteiger partial charge in [0.05, 0.1) is 6.26 Å². The third-order valence-electron chi connectivity index (χ3n) is 2.93. The normalized spacial score (nSPS) is 11.3. The van der Waals surface area contributed by atoms with Crippen LogP contribution in [0.1, 0.15) is 11.1 Å². The molecule has 0 atom stereocenters. The molecule has 0 spiro atoms. The number of ether oxygens (including phenoxy) is 1. The van der Waals surface area contributed by atoms with Gasteiger partial charge in [0, 0.05) is 13.0 Å². The highest BCUT2D eigenvalue weighted by Crippen LogP contribution is 2.21. The van der Waals surface area contributed by atoms with Gasteiger partial charge in [-0.05, 0) is 17.2 Å². The maximum absolute atomic E-state index is 11.0. The molecule has 21 heavy (non-hydrogen) atoms. The Morgan fingerprint density at radius 2 is 1.67 bits per heavy atom. The molecule has 0 saturated heterocycles. The first kappa shape index (κ1) is 15.5. The maximum atomic E-state index is 11.0. The molecule has 0 saturated carbocycles. The quantitative estimate of drug-likeness (QED) is 0.798. The summed E-state index contributed by atoms with van der Waals surface area (Å²) in [6.45, 7) is 0.567. The predicted octanol–water partition coefficient (Wildman–Crippen LogP) is 2.21. The monoisotopic (exact) mass is 305 g/mol. The Morgan fingerprint density at radius 1 is 1.00 bits per heavy atom. The molecule has 1 N–H and O–H groups in total. The number of nitrogens with one attached hydrogen (secondary N) is 1. The number of rotatable bonds is 7. The molecular weight excluding hydrogens is 286 g/mol. The average molecular weight is 305 g/mol. The van der Waals surface area contributed by atoms with Gasteiger partial charge in [-0.1, -0.05) is 48.5 Å². The smallest absolute Gasteiger partial charge is 0.208 e. The third-order valence-corrected chi connectivity index (χ3v) is 3.66. The van der Waals surface area contributed by atoms with Crippen LogP contribution in [0.25, 0.3) is 0 Å². The zero-order valence-corrected chi connectivity index (χ0v) is 12.8. The van der Waals surface area contributed by atoms with Crippen LogP contribution >= 0.6 is 0 Å². The van der Waals surface area contributed by atoms with E-state index in [1.54, 1.807) is 0 Å². The molecule has 0 bridgehead atoms. The Morgan fingerprint density at radius 3 is 2.38 bits per heavy atom. The summed E-state index contributed by atoms with van der Waals surface area (Å²) < 4.78 is 30.1. The molecule has 5 heteroatoms. The fourth-order valence-corrected chi connectivity index (χ4v) is 2.45. The lowest BCUT2D eigenvalue weighted by Crippen LogP contribution is -2.27. The number of hydrogen-bond acceptors (Lipinski definition) is 3. The van der Waals surface area contributed by atoms with E-state index in [1.807, 2.05) is 42.5 Å². The summed E-state index contributed by atoms with van der Waals surface area (Å²) in [7, 11) is -3.17. The Hall–Kier alpha value is -1.85. The second-order valence-electron chi connectivity index (χ2n) is 4.79. The van der Waals surface area contributed by atoms with E-state index in [9.17, 15) is 8.42 Å². The minimum atomic E-state index is -3.17. The summed E-state index contributed by atoms with van der Waals surface area (Å²) in [6, 6.07) is 18.0. The molecule has 0 aliphatic carbocycles. The van der Waals surface area contributed by atoms with E-state index in [0.29, 0.717) is 6.61 Å². The SMILES string of the molecule is CS(=O)(=O)NCCOc1ccccc1Cc1ccccc1. The van der Waals surface area contributed by atoms with Gasteiger partial charge < -0.3 is 4.74 Å². The molecule has 2 aromatic carbocycles. The van der Waals surface area contributed by atoms with E-state index in [2.05, 4.69) is 16.9 Å². The first-order valence-corrected chi connectivity index (χ1v) is 8.63. The molecule has 0 aliphatic rings. The average Bonchev–Trinajstić information content (AvgIpc) is 2.45. The largest absolute Gasteiger partial charge is 0.492 e. The molecule has 0 aliphatic heterocycles. The fraction of sp³-hybridized carbons (Fsp3) is 0.250. The van der Waals surface area contributed by atoms with Crippen LogP contribution in [-0.4, -0.2) is 27.8 Å². The van der Waals surface area contributed by atoms with Gasteiger partial charge in [-0.15, -0.1) is 0 Å². The zero-order chi connectivity index (χ0) is 15.1. The minimum Gasteiger partial charge on any atom is -0.492 e. The van der Waals surface area contributed by atoms with Crippen molar-refractivity contribution in [2.75, 3.05) is 19.4 Å². The summed E-state index contributed by atoms with van der Waals surface area (Å²) in [5.74, 6) is 0.789. The van der Waals surface area contributed by atoms with Crippen LogP contribution in [0.3, 0.4) is 0 Å². The van der Waals surface area contributed by atoms with Gasteiger partial charge in [0.2, 0.25) is 10.0 Å². The molecule has 0 unspecified atom stereocenters. The Balaban J connectivity index is 1.97. The predicted molar refractivity (Wildman–Crippen MR) is 84.0 cm³/mol. The van der Waals surface area contributed by atoms with Crippen LogP contribution in [-0.2, 0) is 16.4 Å². The number of sulfonamides is 1. The molecule has 2 rings (SSSR count). The van der Waals surface area contributed by atoms with Crippen molar-refractivity contribution in [2.45, 2.75) is 6.42 Å². The molecule has 0 aromatic heterocycles. The standard InChI is InChI=1S/C16H19NO3S/c1-21(18,19)17-11-12-20-16-10-6-5-9-15(16)13-14-7-3-2-4-8-14/h2-10,17H,11-13H2,1H3. The van der Waals surface area contributed by atoms with Crippen LogP contribution < -0.4 is 9.46 Å². The summed E-state index contributed by atoms with van der Waals surface area (Å²) in [6.07, 6.45) is 1.92. The van der Waals surface area contributed by atoms with Crippen molar-refractivity contribution in [1.82, 2.24) is 4.72 Å². The lowest BCUT2D eigenvalue weighted by atomic mass is 10.0. The van der Waals surface area contributed by atoms with Gasteiger partial charge in [-0.2, -0.15) is 0 Å².